The Hall–Kier alpha value is -1.16. The lowest BCUT2D eigenvalue weighted by Crippen LogP contribution is -2.21. The minimum absolute atomic E-state index is 0.111. The minimum atomic E-state index is 0.111. The largest absolute Gasteiger partial charge is 0.269 e. The second kappa shape index (κ2) is 4.26. The highest BCUT2D eigenvalue weighted by molar-refractivity contribution is 9.10. The van der Waals surface area contributed by atoms with E-state index in [0.717, 1.165) is 47.1 Å². The van der Waals surface area contributed by atoms with Crippen molar-refractivity contribution in [1.29, 1.82) is 0 Å². The van der Waals surface area contributed by atoms with E-state index in [1.807, 2.05) is 12.1 Å². The van der Waals surface area contributed by atoms with Gasteiger partial charge in [0.1, 0.15) is 5.65 Å². The van der Waals surface area contributed by atoms with E-state index in [9.17, 15) is 4.79 Å². The Balaban J connectivity index is 2.33. The summed E-state index contributed by atoms with van der Waals surface area (Å²) in [6.45, 7) is 0. The number of pyridine rings is 1. The average Bonchev–Trinajstić information content (AvgIpc) is 2.54. The van der Waals surface area contributed by atoms with Crippen molar-refractivity contribution in [2.75, 3.05) is 0 Å². The zero-order valence-electron chi connectivity index (χ0n) is 9.45. The van der Waals surface area contributed by atoms with Crippen molar-refractivity contribution in [1.82, 2.24) is 9.38 Å². The summed E-state index contributed by atoms with van der Waals surface area (Å²) < 4.78 is 2.60. The van der Waals surface area contributed by atoms with E-state index >= 15 is 0 Å². The second-order valence-electron chi connectivity index (χ2n) is 4.48. The molecule has 4 heteroatoms. The maximum Gasteiger partial charge on any atom is 0.261 e. The first-order valence-electron chi connectivity index (χ1n) is 5.95. The number of aromatic nitrogens is 2. The van der Waals surface area contributed by atoms with Crippen LogP contribution in [0.3, 0.4) is 0 Å². The number of fused-ring (bicyclic) bond motifs is 2. The van der Waals surface area contributed by atoms with Gasteiger partial charge < -0.3 is 0 Å². The number of aryl methyl sites for hydroxylation is 1. The third-order valence-corrected chi connectivity index (χ3v) is 3.81. The lowest BCUT2D eigenvalue weighted by atomic mass is 10.1. The van der Waals surface area contributed by atoms with Crippen molar-refractivity contribution < 1.29 is 0 Å². The SMILES string of the molecule is O=c1c2c(nc3cc(Br)ccn13)CCCCC2. The predicted octanol–water partition coefficient (Wildman–Crippen LogP) is 2.73. The van der Waals surface area contributed by atoms with Crippen molar-refractivity contribution in [2.45, 2.75) is 32.1 Å². The Morgan fingerprint density at radius 2 is 2.06 bits per heavy atom. The Labute approximate surface area is 108 Å². The van der Waals surface area contributed by atoms with E-state index < -0.39 is 0 Å². The molecule has 3 rings (SSSR count). The van der Waals surface area contributed by atoms with Crippen molar-refractivity contribution >= 4 is 21.6 Å². The molecular formula is C13H13BrN2O. The zero-order chi connectivity index (χ0) is 11.8. The predicted molar refractivity (Wildman–Crippen MR) is 70.4 cm³/mol. The Kier molecular flexibility index (Phi) is 2.74. The van der Waals surface area contributed by atoms with Crippen LogP contribution >= 0.6 is 15.9 Å². The first-order chi connectivity index (χ1) is 8.25. The molecule has 88 valence electrons. The van der Waals surface area contributed by atoms with Crippen LogP contribution in [-0.4, -0.2) is 9.38 Å². The van der Waals surface area contributed by atoms with Gasteiger partial charge in [-0.25, -0.2) is 4.98 Å². The molecule has 0 spiro atoms. The third kappa shape index (κ3) is 1.90. The number of hydrogen-bond acceptors (Lipinski definition) is 2. The molecule has 1 aliphatic rings. The van der Waals surface area contributed by atoms with Crippen LogP contribution in [0.4, 0.5) is 0 Å². The van der Waals surface area contributed by atoms with E-state index in [2.05, 4.69) is 20.9 Å². The molecule has 0 saturated heterocycles. The number of nitrogens with zero attached hydrogens (tertiary/aromatic N) is 2. The van der Waals surface area contributed by atoms with Crippen LogP contribution in [-0.2, 0) is 12.8 Å². The summed E-state index contributed by atoms with van der Waals surface area (Å²) in [5.74, 6) is 0. The average molecular weight is 293 g/mol. The van der Waals surface area contributed by atoms with E-state index in [-0.39, 0.29) is 5.56 Å². The molecule has 0 unspecified atom stereocenters. The van der Waals surface area contributed by atoms with Crippen LogP contribution in [0, 0.1) is 0 Å². The molecule has 0 fully saturated rings. The second-order valence-corrected chi connectivity index (χ2v) is 5.39. The highest BCUT2D eigenvalue weighted by atomic mass is 79.9. The molecule has 3 nitrogen and oxygen atoms in total. The van der Waals surface area contributed by atoms with Gasteiger partial charge in [0.05, 0.1) is 5.69 Å². The lowest BCUT2D eigenvalue weighted by molar-refractivity contribution is 0.708. The van der Waals surface area contributed by atoms with Gasteiger partial charge in [0.2, 0.25) is 0 Å². The number of halogens is 1. The molecule has 2 aromatic rings. The van der Waals surface area contributed by atoms with Gasteiger partial charge in [-0.1, -0.05) is 22.4 Å². The smallest absolute Gasteiger partial charge is 0.261 e. The summed E-state index contributed by atoms with van der Waals surface area (Å²) in [6, 6.07) is 3.77. The van der Waals surface area contributed by atoms with Crippen LogP contribution < -0.4 is 5.56 Å². The monoisotopic (exact) mass is 292 g/mol. The fraction of sp³-hybridized carbons (Fsp3) is 0.385. The summed E-state index contributed by atoms with van der Waals surface area (Å²) >= 11 is 3.41. The van der Waals surface area contributed by atoms with E-state index in [0.29, 0.717) is 0 Å². The summed E-state index contributed by atoms with van der Waals surface area (Å²) in [5.41, 5.74) is 2.78. The number of hydrogen-bond donors (Lipinski definition) is 0. The zero-order valence-corrected chi connectivity index (χ0v) is 11.0. The third-order valence-electron chi connectivity index (χ3n) is 3.31. The fourth-order valence-electron chi connectivity index (χ4n) is 2.42. The van der Waals surface area contributed by atoms with Crippen LogP contribution in [0.5, 0.6) is 0 Å². The summed E-state index contributed by atoms with van der Waals surface area (Å²) in [5, 5.41) is 0. The Morgan fingerprint density at radius 1 is 1.24 bits per heavy atom. The highest BCUT2D eigenvalue weighted by Gasteiger charge is 2.15. The normalized spacial score (nSPS) is 15.6. The first-order valence-corrected chi connectivity index (χ1v) is 6.75. The molecular weight excluding hydrogens is 280 g/mol. The molecule has 0 amide bonds. The van der Waals surface area contributed by atoms with Crippen molar-refractivity contribution in [3.05, 3.63) is 44.4 Å². The van der Waals surface area contributed by atoms with E-state index in [1.54, 1.807) is 10.6 Å². The van der Waals surface area contributed by atoms with Crippen LogP contribution in [0.2, 0.25) is 0 Å². The van der Waals surface area contributed by atoms with Crippen molar-refractivity contribution in [2.24, 2.45) is 0 Å². The lowest BCUT2D eigenvalue weighted by Gasteiger charge is -2.07. The first kappa shape index (κ1) is 11.0. The maximum absolute atomic E-state index is 12.3. The standard InChI is InChI=1S/C13H13BrN2O/c14-9-6-7-16-12(8-9)15-11-5-3-1-2-4-10(11)13(16)17/h6-8H,1-5H2. The molecule has 0 aromatic carbocycles. The molecule has 17 heavy (non-hydrogen) atoms. The minimum Gasteiger partial charge on any atom is -0.269 e. The van der Waals surface area contributed by atoms with Gasteiger partial charge in [-0.15, -0.1) is 0 Å². The van der Waals surface area contributed by atoms with Gasteiger partial charge in [0, 0.05) is 16.2 Å². The fourth-order valence-corrected chi connectivity index (χ4v) is 2.75. The maximum atomic E-state index is 12.3. The van der Waals surface area contributed by atoms with Gasteiger partial charge in [-0.05, 0) is 37.8 Å². The molecule has 0 radical (unpaired) electrons. The van der Waals surface area contributed by atoms with Crippen LogP contribution in [0.15, 0.2) is 27.6 Å². The van der Waals surface area contributed by atoms with Gasteiger partial charge in [0.25, 0.3) is 5.56 Å². The van der Waals surface area contributed by atoms with Gasteiger partial charge in [-0.2, -0.15) is 0 Å². The number of rotatable bonds is 0. The summed E-state index contributed by atoms with van der Waals surface area (Å²) in [4.78, 5) is 17.0. The highest BCUT2D eigenvalue weighted by Crippen LogP contribution is 2.18. The summed E-state index contributed by atoms with van der Waals surface area (Å²) in [7, 11) is 0. The molecule has 0 atom stereocenters. The van der Waals surface area contributed by atoms with E-state index in [1.165, 1.54) is 6.42 Å². The van der Waals surface area contributed by atoms with Gasteiger partial charge in [0.15, 0.2) is 0 Å². The summed E-state index contributed by atoms with van der Waals surface area (Å²) in [6.07, 6.45) is 7.05. The molecule has 2 heterocycles. The van der Waals surface area contributed by atoms with Gasteiger partial charge in [-0.3, -0.25) is 9.20 Å². The molecule has 2 aromatic heterocycles. The quantitative estimate of drug-likeness (QED) is 0.700. The van der Waals surface area contributed by atoms with Crippen LogP contribution in [0.1, 0.15) is 30.5 Å². The molecule has 0 N–H and O–H groups in total. The molecule has 0 aliphatic heterocycles. The molecule has 0 bridgehead atoms. The Morgan fingerprint density at radius 3 is 2.94 bits per heavy atom. The van der Waals surface area contributed by atoms with Crippen molar-refractivity contribution in [3.63, 3.8) is 0 Å². The van der Waals surface area contributed by atoms with Crippen LogP contribution in [0.25, 0.3) is 5.65 Å². The van der Waals surface area contributed by atoms with Crippen molar-refractivity contribution in [3.8, 4) is 0 Å². The Bertz CT molecular complexity index is 633. The topological polar surface area (TPSA) is 34.4 Å². The van der Waals surface area contributed by atoms with E-state index in [4.69, 9.17) is 0 Å². The van der Waals surface area contributed by atoms with Gasteiger partial charge >= 0.3 is 0 Å². The molecule has 0 saturated carbocycles. The molecule has 1 aliphatic carbocycles.